The Bertz CT molecular complexity index is 984. The summed E-state index contributed by atoms with van der Waals surface area (Å²) in [6, 6.07) is 16.7. The number of benzene rings is 2. The normalized spacial score (nSPS) is 14.5. The number of anilines is 1. The number of halogens is 3. The molecule has 2 aromatic carbocycles. The average Bonchev–Trinajstić information content (AvgIpc) is 3.21. The van der Waals surface area contributed by atoms with Crippen LogP contribution in [0.25, 0.3) is 22.4 Å². The predicted octanol–water partition coefficient (Wildman–Crippen LogP) is 5.65. The minimum atomic E-state index is -4.61. The number of hydrogen-bond donors (Lipinski definition) is 0. The van der Waals surface area contributed by atoms with Gasteiger partial charge in [-0.15, -0.1) is 11.8 Å². The van der Waals surface area contributed by atoms with Gasteiger partial charge in [-0.25, -0.2) is 9.97 Å². The molecule has 0 atom stereocenters. The molecule has 1 aliphatic rings. The second-order valence-corrected chi connectivity index (χ2v) is 7.70. The van der Waals surface area contributed by atoms with Crippen LogP contribution in [0.5, 0.6) is 0 Å². The molecule has 3 aromatic rings. The molecule has 0 N–H and O–H groups in total. The Labute approximate surface area is 165 Å². The van der Waals surface area contributed by atoms with E-state index in [0.29, 0.717) is 35.1 Å². The molecule has 0 saturated carbocycles. The first kappa shape index (κ1) is 18.8. The van der Waals surface area contributed by atoms with E-state index in [0.717, 1.165) is 16.9 Å². The van der Waals surface area contributed by atoms with Gasteiger partial charge in [-0.1, -0.05) is 60.2 Å². The van der Waals surface area contributed by atoms with Crippen LogP contribution < -0.4 is 4.90 Å². The lowest BCUT2D eigenvalue weighted by Crippen LogP contribution is -2.23. The largest absolute Gasteiger partial charge is 0.451 e. The highest BCUT2D eigenvalue weighted by Gasteiger charge is 2.37. The molecular formula is C21H18F3N3S. The third-order valence-electron chi connectivity index (χ3n) is 4.55. The van der Waals surface area contributed by atoms with E-state index in [9.17, 15) is 13.2 Å². The maximum atomic E-state index is 13.6. The molecule has 0 bridgehead atoms. The predicted molar refractivity (Wildman–Crippen MR) is 107 cm³/mol. The van der Waals surface area contributed by atoms with Gasteiger partial charge in [0.25, 0.3) is 0 Å². The minimum absolute atomic E-state index is 0.306. The van der Waals surface area contributed by atoms with Crippen molar-refractivity contribution < 1.29 is 13.2 Å². The first-order chi connectivity index (χ1) is 13.4. The summed E-state index contributed by atoms with van der Waals surface area (Å²) in [5, 5.41) is 0. The lowest BCUT2D eigenvalue weighted by Gasteiger charge is -2.23. The molecule has 2 heterocycles. The molecule has 0 aliphatic carbocycles. The topological polar surface area (TPSA) is 29.0 Å². The molecule has 0 radical (unpaired) electrons. The number of aryl methyl sites for hydroxylation is 1. The molecule has 0 unspecified atom stereocenters. The van der Waals surface area contributed by atoms with Crippen molar-refractivity contribution in [2.24, 2.45) is 0 Å². The summed E-state index contributed by atoms with van der Waals surface area (Å²) in [7, 11) is 0. The van der Waals surface area contributed by atoms with Crippen LogP contribution in [0.15, 0.2) is 54.6 Å². The van der Waals surface area contributed by atoms with Gasteiger partial charge >= 0.3 is 6.18 Å². The molecule has 1 aliphatic heterocycles. The van der Waals surface area contributed by atoms with Gasteiger partial charge in [-0.05, 0) is 12.5 Å². The van der Waals surface area contributed by atoms with Gasteiger partial charge in [0.2, 0.25) is 5.82 Å². The highest BCUT2D eigenvalue weighted by atomic mass is 32.2. The molecule has 0 amide bonds. The summed E-state index contributed by atoms with van der Waals surface area (Å²) in [6.45, 7) is 2.62. The SMILES string of the molecule is Cc1cccc(-c2c(-c3ccccc3)nc(C(F)(F)F)nc2N2CCSC2)c1. The van der Waals surface area contributed by atoms with Gasteiger partial charge in [0.05, 0.1) is 17.1 Å². The standard InChI is InChI=1S/C21H18F3N3S/c1-14-6-5-9-16(12-14)17-18(15-7-3-2-4-8-15)25-20(21(22,23)24)26-19(17)27-10-11-28-13-27/h2-9,12H,10-11,13H2,1H3. The van der Waals surface area contributed by atoms with Gasteiger partial charge in [-0.2, -0.15) is 13.2 Å². The van der Waals surface area contributed by atoms with Crippen molar-refractivity contribution in [2.45, 2.75) is 13.1 Å². The Morgan fingerprint density at radius 1 is 0.964 bits per heavy atom. The number of nitrogens with zero attached hydrogens (tertiary/aromatic N) is 3. The quantitative estimate of drug-likeness (QED) is 0.567. The maximum absolute atomic E-state index is 13.6. The van der Waals surface area contributed by atoms with Crippen LogP contribution in [0.4, 0.5) is 19.0 Å². The van der Waals surface area contributed by atoms with E-state index >= 15 is 0 Å². The summed E-state index contributed by atoms with van der Waals surface area (Å²) >= 11 is 1.68. The first-order valence-corrected chi connectivity index (χ1v) is 10.0. The summed E-state index contributed by atoms with van der Waals surface area (Å²) in [6.07, 6.45) is -4.61. The molecule has 1 fully saturated rings. The fraction of sp³-hybridized carbons (Fsp3) is 0.238. The highest BCUT2D eigenvalue weighted by molar-refractivity contribution is 7.99. The summed E-state index contributed by atoms with van der Waals surface area (Å²) in [5.74, 6) is 0.715. The second-order valence-electron chi connectivity index (χ2n) is 6.63. The van der Waals surface area contributed by atoms with Crippen LogP contribution >= 0.6 is 11.8 Å². The molecular weight excluding hydrogens is 383 g/mol. The number of thioether (sulfide) groups is 1. The first-order valence-electron chi connectivity index (χ1n) is 8.88. The number of aromatic nitrogens is 2. The minimum Gasteiger partial charge on any atom is -0.346 e. The Kier molecular flexibility index (Phi) is 5.02. The molecule has 28 heavy (non-hydrogen) atoms. The van der Waals surface area contributed by atoms with Crippen molar-refractivity contribution in [2.75, 3.05) is 23.1 Å². The van der Waals surface area contributed by atoms with Crippen molar-refractivity contribution in [1.29, 1.82) is 0 Å². The van der Waals surface area contributed by atoms with Crippen molar-refractivity contribution in [3.05, 3.63) is 66.0 Å². The Morgan fingerprint density at radius 3 is 2.36 bits per heavy atom. The van der Waals surface area contributed by atoms with Crippen LogP contribution in [-0.2, 0) is 6.18 Å². The van der Waals surface area contributed by atoms with Crippen LogP contribution in [-0.4, -0.2) is 28.1 Å². The van der Waals surface area contributed by atoms with Crippen LogP contribution in [0.2, 0.25) is 0 Å². The molecule has 1 saturated heterocycles. The van der Waals surface area contributed by atoms with Crippen molar-refractivity contribution in [3.63, 3.8) is 0 Å². The van der Waals surface area contributed by atoms with Crippen LogP contribution in [0, 0.1) is 6.92 Å². The van der Waals surface area contributed by atoms with Crippen LogP contribution in [0.3, 0.4) is 0 Å². The van der Waals surface area contributed by atoms with Gasteiger partial charge in [-0.3, -0.25) is 0 Å². The van der Waals surface area contributed by atoms with Gasteiger partial charge in [0, 0.05) is 17.9 Å². The van der Waals surface area contributed by atoms with Gasteiger partial charge in [0.15, 0.2) is 0 Å². The van der Waals surface area contributed by atoms with E-state index in [1.54, 1.807) is 36.0 Å². The van der Waals surface area contributed by atoms with E-state index in [-0.39, 0.29) is 0 Å². The Balaban J connectivity index is 2.05. The summed E-state index contributed by atoms with van der Waals surface area (Å²) in [5.41, 5.74) is 3.43. The maximum Gasteiger partial charge on any atom is 0.451 e. The third-order valence-corrected chi connectivity index (χ3v) is 5.52. The van der Waals surface area contributed by atoms with E-state index in [4.69, 9.17) is 0 Å². The van der Waals surface area contributed by atoms with Crippen LogP contribution in [0.1, 0.15) is 11.4 Å². The zero-order valence-electron chi connectivity index (χ0n) is 15.2. The van der Waals surface area contributed by atoms with E-state index in [1.165, 1.54) is 0 Å². The summed E-state index contributed by atoms with van der Waals surface area (Å²) < 4.78 is 40.8. The Hall–Kier alpha value is -2.54. The number of alkyl halides is 3. The molecule has 1 aromatic heterocycles. The zero-order chi connectivity index (χ0) is 19.7. The smallest absolute Gasteiger partial charge is 0.346 e. The van der Waals surface area contributed by atoms with Crippen molar-refractivity contribution in [1.82, 2.24) is 9.97 Å². The fourth-order valence-electron chi connectivity index (χ4n) is 3.26. The van der Waals surface area contributed by atoms with Gasteiger partial charge < -0.3 is 4.90 Å². The van der Waals surface area contributed by atoms with Gasteiger partial charge in [0.1, 0.15) is 5.82 Å². The molecule has 144 valence electrons. The zero-order valence-corrected chi connectivity index (χ0v) is 16.0. The number of hydrogen-bond acceptors (Lipinski definition) is 4. The Morgan fingerprint density at radius 2 is 1.71 bits per heavy atom. The summed E-state index contributed by atoms with van der Waals surface area (Å²) in [4.78, 5) is 9.89. The third kappa shape index (κ3) is 3.71. The van der Waals surface area contributed by atoms with E-state index in [1.807, 2.05) is 42.2 Å². The second kappa shape index (κ2) is 7.47. The molecule has 4 rings (SSSR count). The number of rotatable bonds is 3. The lowest BCUT2D eigenvalue weighted by molar-refractivity contribution is -0.144. The highest BCUT2D eigenvalue weighted by Crippen LogP contribution is 2.41. The van der Waals surface area contributed by atoms with E-state index in [2.05, 4.69) is 9.97 Å². The molecule has 7 heteroatoms. The fourth-order valence-corrected chi connectivity index (χ4v) is 4.21. The monoisotopic (exact) mass is 401 g/mol. The molecule has 3 nitrogen and oxygen atoms in total. The van der Waals surface area contributed by atoms with Crippen molar-refractivity contribution >= 4 is 17.6 Å². The van der Waals surface area contributed by atoms with Crippen molar-refractivity contribution in [3.8, 4) is 22.4 Å². The van der Waals surface area contributed by atoms with E-state index < -0.39 is 12.0 Å². The molecule has 0 spiro atoms. The lowest BCUT2D eigenvalue weighted by atomic mass is 9.97. The average molecular weight is 401 g/mol.